The minimum absolute atomic E-state index is 0.229. The Balaban J connectivity index is 2.25. The van der Waals surface area contributed by atoms with Crippen LogP contribution < -0.4 is 15.2 Å². The van der Waals surface area contributed by atoms with E-state index in [2.05, 4.69) is 0 Å². The zero-order valence-electron chi connectivity index (χ0n) is 11.2. The van der Waals surface area contributed by atoms with Gasteiger partial charge in [0.25, 0.3) is 0 Å². The molecule has 0 radical (unpaired) electrons. The van der Waals surface area contributed by atoms with E-state index >= 15 is 0 Å². The number of benzene rings is 1. The summed E-state index contributed by atoms with van der Waals surface area (Å²) in [6.07, 6.45) is 1.28. The molecule has 0 bridgehead atoms. The number of nitrogens with two attached hydrogens (primary N) is 1. The topological polar surface area (TPSA) is 73.9 Å². The van der Waals surface area contributed by atoms with E-state index in [0.717, 1.165) is 12.0 Å². The lowest BCUT2D eigenvalue weighted by atomic mass is 9.89. The van der Waals surface area contributed by atoms with Crippen LogP contribution in [0.4, 0.5) is 0 Å². The molecule has 1 aliphatic rings. The Morgan fingerprint density at radius 1 is 1.32 bits per heavy atom. The van der Waals surface area contributed by atoms with Gasteiger partial charge in [0.15, 0.2) is 11.5 Å². The summed E-state index contributed by atoms with van der Waals surface area (Å²) in [6, 6.07) is 5.50. The van der Waals surface area contributed by atoms with Gasteiger partial charge in [-0.25, -0.2) is 0 Å². The van der Waals surface area contributed by atoms with Gasteiger partial charge in [-0.1, -0.05) is 6.07 Å². The largest absolute Gasteiger partial charge is 0.486 e. The highest BCUT2D eigenvalue weighted by Gasteiger charge is 2.30. The Hall–Kier alpha value is -1.30. The van der Waals surface area contributed by atoms with Crippen LogP contribution >= 0.6 is 0 Å². The number of hydrogen-bond acceptors (Lipinski definition) is 5. The van der Waals surface area contributed by atoms with Gasteiger partial charge in [0.1, 0.15) is 18.8 Å². The molecule has 1 heterocycles. The molecule has 1 atom stereocenters. The Morgan fingerprint density at radius 2 is 2.05 bits per heavy atom. The summed E-state index contributed by atoms with van der Waals surface area (Å²) in [7, 11) is 1.57. The quantitative estimate of drug-likeness (QED) is 0.805. The Morgan fingerprint density at radius 3 is 2.74 bits per heavy atom. The molecule has 0 aliphatic carbocycles. The van der Waals surface area contributed by atoms with Crippen LogP contribution in [0.25, 0.3) is 0 Å². The summed E-state index contributed by atoms with van der Waals surface area (Å²) in [5, 5.41) is 10.7. The number of aliphatic hydroxyl groups is 1. The molecular formula is C14H21NO4. The Bertz CT molecular complexity index is 424. The van der Waals surface area contributed by atoms with Gasteiger partial charge in [-0.3, -0.25) is 0 Å². The fraction of sp³-hybridized carbons (Fsp3) is 0.571. The summed E-state index contributed by atoms with van der Waals surface area (Å²) < 4.78 is 16.2. The minimum atomic E-state index is -1.04. The van der Waals surface area contributed by atoms with Gasteiger partial charge in [0, 0.05) is 7.11 Å². The number of methoxy groups -OCH3 is 1. The molecule has 0 aromatic heterocycles. The third-order valence-corrected chi connectivity index (χ3v) is 3.26. The van der Waals surface area contributed by atoms with Gasteiger partial charge in [-0.05, 0) is 37.1 Å². The van der Waals surface area contributed by atoms with Crippen molar-refractivity contribution in [3.05, 3.63) is 23.8 Å². The number of hydrogen-bond donors (Lipinski definition) is 2. The molecule has 1 aromatic rings. The summed E-state index contributed by atoms with van der Waals surface area (Å²) in [4.78, 5) is 0. The van der Waals surface area contributed by atoms with E-state index in [1.807, 2.05) is 18.2 Å². The third kappa shape index (κ3) is 3.18. The maximum absolute atomic E-state index is 10.7. The molecule has 0 saturated heterocycles. The van der Waals surface area contributed by atoms with E-state index in [1.165, 1.54) is 0 Å². The molecule has 106 valence electrons. The molecule has 0 saturated carbocycles. The van der Waals surface area contributed by atoms with Gasteiger partial charge in [0.2, 0.25) is 0 Å². The van der Waals surface area contributed by atoms with Crippen LogP contribution in [0.15, 0.2) is 18.2 Å². The lowest BCUT2D eigenvalue weighted by Gasteiger charge is -2.29. The van der Waals surface area contributed by atoms with Crippen molar-refractivity contribution in [2.75, 3.05) is 33.5 Å². The van der Waals surface area contributed by atoms with Crippen molar-refractivity contribution in [2.45, 2.75) is 18.4 Å². The number of ether oxygens (including phenoxy) is 3. The molecule has 19 heavy (non-hydrogen) atoms. The monoisotopic (exact) mass is 267 g/mol. The number of rotatable bonds is 6. The average molecular weight is 267 g/mol. The molecule has 0 amide bonds. The molecular weight excluding hydrogens is 246 g/mol. The molecule has 0 fully saturated rings. The van der Waals surface area contributed by atoms with Gasteiger partial charge in [-0.15, -0.1) is 0 Å². The first-order valence-corrected chi connectivity index (χ1v) is 6.51. The SMILES string of the molecule is COCC(O)(CCCN)c1ccc2c(c1)OCCO2. The molecule has 0 spiro atoms. The average Bonchev–Trinajstić information content (AvgIpc) is 2.45. The summed E-state index contributed by atoms with van der Waals surface area (Å²) >= 11 is 0. The lowest BCUT2D eigenvalue weighted by Crippen LogP contribution is -2.32. The summed E-state index contributed by atoms with van der Waals surface area (Å²) in [5.41, 5.74) is 5.26. The van der Waals surface area contributed by atoms with Crippen molar-refractivity contribution in [2.24, 2.45) is 5.73 Å². The molecule has 3 N–H and O–H groups in total. The molecule has 2 rings (SSSR count). The molecule has 5 nitrogen and oxygen atoms in total. The van der Waals surface area contributed by atoms with Crippen LogP contribution in [0.2, 0.25) is 0 Å². The summed E-state index contributed by atoms with van der Waals surface area (Å²) in [6.45, 7) is 1.85. The van der Waals surface area contributed by atoms with Crippen molar-refractivity contribution >= 4 is 0 Å². The first kappa shape index (κ1) is 14.1. The van der Waals surface area contributed by atoms with Crippen LogP contribution in [-0.4, -0.2) is 38.6 Å². The highest BCUT2D eigenvalue weighted by molar-refractivity contribution is 5.45. The lowest BCUT2D eigenvalue weighted by molar-refractivity contribution is -0.0432. The van der Waals surface area contributed by atoms with Crippen molar-refractivity contribution < 1.29 is 19.3 Å². The van der Waals surface area contributed by atoms with Crippen molar-refractivity contribution in [3.8, 4) is 11.5 Å². The molecule has 1 unspecified atom stereocenters. The van der Waals surface area contributed by atoms with Gasteiger partial charge in [-0.2, -0.15) is 0 Å². The molecule has 5 heteroatoms. The van der Waals surface area contributed by atoms with Crippen molar-refractivity contribution in [1.29, 1.82) is 0 Å². The van der Waals surface area contributed by atoms with E-state index < -0.39 is 5.60 Å². The third-order valence-electron chi connectivity index (χ3n) is 3.26. The van der Waals surface area contributed by atoms with Crippen LogP contribution in [0.1, 0.15) is 18.4 Å². The predicted molar refractivity (Wildman–Crippen MR) is 71.5 cm³/mol. The Labute approximate surface area is 113 Å². The Kier molecular flexibility index (Phi) is 4.63. The van der Waals surface area contributed by atoms with Gasteiger partial charge >= 0.3 is 0 Å². The minimum Gasteiger partial charge on any atom is -0.486 e. The second-order valence-electron chi connectivity index (χ2n) is 4.72. The van der Waals surface area contributed by atoms with E-state index in [0.29, 0.717) is 37.7 Å². The predicted octanol–water partition coefficient (Wildman–Crippen LogP) is 1.03. The van der Waals surface area contributed by atoms with E-state index in [4.69, 9.17) is 19.9 Å². The van der Waals surface area contributed by atoms with Gasteiger partial charge in [0.05, 0.1) is 6.61 Å². The molecule has 1 aliphatic heterocycles. The standard InChI is InChI=1S/C14H21NO4/c1-17-10-14(16,5-2-6-15)11-3-4-12-13(9-11)19-8-7-18-12/h3-4,9,16H,2,5-8,10,15H2,1H3. The van der Waals surface area contributed by atoms with Gasteiger partial charge < -0.3 is 25.1 Å². The summed E-state index contributed by atoms with van der Waals surface area (Å²) in [5.74, 6) is 1.39. The second-order valence-corrected chi connectivity index (χ2v) is 4.72. The highest BCUT2D eigenvalue weighted by atomic mass is 16.6. The normalized spacial score (nSPS) is 17.0. The van der Waals surface area contributed by atoms with E-state index in [9.17, 15) is 5.11 Å². The van der Waals surface area contributed by atoms with Crippen LogP contribution in [0, 0.1) is 0 Å². The first-order valence-electron chi connectivity index (χ1n) is 6.51. The molecule has 1 aromatic carbocycles. The maximum atomic E-state index is 10.7. The van der Waals surface area contributed by atoms with Crippen LogP contribution in [0.3, 0.4) is 0 Å². The van der Waals surface area contributed by atoms with Crippen molar-refractivity contribution in [1.82, 2.24) is 0 Å². The highest BCUT2D eigenvalue weighted by Crippen LogP contribution is 2.36. The fourth-order valence-corrected chi connectivity index (χ4v) is 2.27. The smallest absolute Gasteiger partial charge is 0.161 e. The van der Waals surface area contributed by atoms with Crippen LogP contribution in [0.5, 0.6) is 11.5 Å². The maximum Gasteiger partial charge on any atom is 0.161 e. The first-order chi connectivity index (χ1) is 9.19. The second kappa shape index (κ2) is 6.23. The zero-order chi connectivity index (χ0) is 13.7. The van der Waals surface area contributed by atoms with E-state index in [-0.39, 0.29) is 6.61 Å². The van der Waals surface area contributed by atoms with E-state index in [1.54, 1.807) is 7.11 Å². The fourth-order valence-electron chi connectivity index (χ4n) is 2.27. The van der Waals surface area contributed by atoms with Crippen molar-refractivity contribution in [3.63, 3.8) is 0 Å². The van der Waals surface area contributed by atoms with Crippen LogP contribution in [-0.2, 0) is 10.3 Å². The number of fused-ring (bicyclic) bond motifs is 1. The zero-order valence-corrected chi connectivity index (χ0v) is 11.2.